The number of ether oxygens (including phenoxy) is 1. The second-order valence-corrected chi connectivity index (χ2v) is 12.8. The second kappa shape index (κ2) is 17.5. The molecule has 0 saturated heterocycles. The van der Waals surface area contributed by atoms with Gasteiger partial charge in [-0.2, -0.15) is 0 Å². The van der Waals surface area contributed by atoms with Crippen molar-refractivity contribution in [2.45, 2.75) is 90.0 Å². The quantitative estimate of drug-likeness (QED) is 0.127. The summed E-state index contributed by atoms with van der Waals surface area (Å²) in [6.45, 7) is 6.76. The van der Waals surface area contributed by atoms with Gasteiger partial charge < -0.3 is 9.84 Å². The number of aliphatic hydroxyl groups is 1. The van der Waals surface area contributed by atoms with Gasteiger partial charge in [-0.25, -0.2) is 0 Å². The zero-order chi connectivity index (χ0) is 21.1. The van der Waals surface area contributed by atoms with Crippen molar-refractivity contribution in [2.75, 3.05) is 7.11 Å². The summed E-state index contributed by atoms with van der Waals surface area (Å²) in [4.78, 5) is 11.0. The van der Waals surface area contributed by atoms with Crippen molar-refractivity contribution in [1.29, 1.82) is 0 Å². The Kier molecular flexibility index (Phi) is 16.5. The summed E-state index contributed by atoms with van der Waals surface area (Å²) in [5.41, 5.74) is 3.36. The van der Waals surface area contributed by atoms with Crippen molar-refractivity contribution in [3.8, 4) is 11.5 Å². The van der Waals surface area contributed by atoms with E-state index in [4.69, 9.17) is 0 Å². The number of unbranched alkanes of at least 4 members (excludes halogenated alkanes) is 2. The van der Waals surface area contributed by atoms with Crippen LogP contribution < -0.4 is 0 Å². The number of rotatable bonds is 14. The molecule has 0 radical (unpaired) electrons. The first-order valence-electron chi connectivity index (χ1n) is 10.5. The lowest BCUT2D eigenvalue weighted by Gasteiger charge is -2.07. The van der Waals surface area contributed by atoms with Gasteiger partial charge in [0.15, 0.2) is 0 Å². The number of hydrogen-bond acceptors (Lipinski definition) is 3. The first kappa shape index (κ1) is 26.4. The monoisotopic (exact) mass is 404 g/mol. The maximum Gasteiger partial charge on any atom is 0.305 e. The van der Waals surface area contributed by atoms with Gasteiger partial charge >= 0.3 is 5.97 Å². The van der Waals surface area contributed by atoms with Gasteiger partial charge in [0.1, 0.15) is 8.07 Å². The molecule has 0 aromatic heterocycles. The van der Waals surface area contributed by atoms with Crippen LogP contribution in [-0.2, 0) is 9.53 Å². The molecular formula is C24H40O3Si. The molecule has 1 unspecified atom stereocenters. The second-order valence-electron chi connectivity index (χ2n) is 8.03. The van der Waals surface area contributed by atoms with Crippen LogP contribution in [-0.4, -0.2) is 32.4 Å². The molecule has 3 nitrogen and oxygen atoms in total. The fourth-order valence-electron chi connectivity index (χ4n) is 2.43. The smallest absolute Gasteiger partial charge is 0.305 e. The molecule has 158 valence electrons. The maximum absolute atomic E-state index is 11.0. The van der Waals surface area contributed by atoms with Crippen LogP contribution in [0.2, 0.25) is 19.6 Å². The molecule has 0 saturated carbocycles. The highest BCUT2D eigenvalue weighted by atomic mass is 28.3. The van der Waals surface area contributed by atoms with E-state index < -0.39 is 8.07 Å². The summed E-state index contributed by atoms with van der Waals surface area (Å²) in [6, 6.07) is 0. The van der Waals surface area contributed by atoms with Crippen molar-refractivity contribution >= 4 is 14.0 Å². The molecule has 0 amide bonds. The third kappa shape index (κ3) is 20.7. The van der Waals surface area contributed by atoms with Crippen LogP contribution in [0.15, 0.2) is 36.5 Å². The van der Waals surface area contributed by atoms with Crippen molar-refractivity contribution in [2.24, 2.45) is 0 Å². The third-order valence-electron chi connectivity index (χ3n) is 3.99. The first-order valence-corrected chi connectivity index (χ1v) is 14.0. The highest BCUT2D eigenvalue weighted by molar-refractivity contribution is 6.83. The Balaban J connectivity index is 3.59. The van der Waals surface area contributed by atoms with Crippen LogP contribution in [0.25, 0.3) is 0 Å². The molecule has 0 aromatic rings. The molecule has 0 aliphatic rings. The molecule has 1 N–H and O–H groups in total. The van der Waals surface area contributed by atoms with E-state index in [-0.39, 0.29) is 12.1 Å². The van der Waals surface area contributed by atoms with E-state index in [9.17, 15) is 9.90 Å². The van der Waals surface area contributed by atoms with Gasteiger partial charge in [0, 0.05) is 12.8 Å². The SMILES string of the molecule is COC(=O)CCC/C=C\C/C=C\C/C=C\CCC(O)CCCC#C[Si](C)(C)C. The zero-order valence-electron chi connectivity index (χ0n) is 18.4. The van der Waals surface area contributed by atoms with E-state index in [1.165, 1.54) is 7.11 Å². The average molecular weight is 405 g/mol. The minimum Gasteiger partial charge on any atom is -0.469 e. The summed E-state index contributed by atoms with van der Waals surface area (Å²) in [5.74, 6) is 3.12. The van der Waals surface area contributed by atoms with Crippen LogP contribution in [0.1, 0.15) is 64.2 Å². The fourth-order valence-corrected chi connectivity index (χ4v) is 3.09. The summed E-state index contributed by atoms with van der Waals surface area (Å²) in [5, 5.41) is 9.99. The number of carbonyl (C=O) groups excluding carboxylic acids is 1. The molecule has 0 bridgehead atoms. The molecule has 0 aromatic carbocycles. The van der Waals surface area contributed by atoms with Gasteiger partial charge in [0.05, 0.1) is 13.2 Å². The van der Waals surface area contributed by atoms with E-state index in [2.05, 4.69) is 72.3 Å². The summed E-state index contributed by atoms with van der Waals surface area (Å²) in [7, 11) is 0.176. The van der Waals surface area contributed by atoms with E-state index in [0.29, 0.717) is 6.42 Å². The number of hydrogen-bond donors (Lipinski definition) is 1. The molecule has 1 atom stereocenters. The largest absolute Gasteiger partial charge is 0.469 e. The van der Waals surface area contributed by atoms with E-state index in [0.717, 1.165) is 57.8 Å². The van der Waals surface area contributed by atoms with Gasteiger partial charge in [-0.1, -0.05) is 56.1 Å². The molecule has 0 aliphatic carbocycles. The zero-order valence-corrected chi connectivity index (χ0v) is 19.4. The number of esters is 1. The Morgan fingerprint density at radius 1 is 0.964 bits per heavy atom. The predicted octanol–water partition coefficient (Wildman–Crippen LogP) is 5.97. The molecule has 0 fully saturated rings. The average Bonchev–Trinajstić information content (AvgIpc) is 2.64. The van der Waals surface area contributed by atoms with Gasteiger partial charge in [-0.15, -0.1) is 11.5 Å². The van der Waals surface area contributed by atoms with Gasteiger partial charge in [0.2, 0.25) is 0 Å². The number of allylic oxidation sites excluding steroid dienone is 6. The Morgan fingerprint density at radius 3 is 2.18 bits per heavy atom. The normalized spacial score (nSPS) is 13.2. The van der Waals surface area contributed by atoms with Crippen molar-refractivity contribution in [1.82, 2.24) is 0 Å². The summed E-state index contributed by atoms with van der Waals surface area (Å²) in [6.07, 6.45) is 21.2. The highest BCUT2D eigenvalue weighted by Gasteiger charge is 2.07. The predicted molar refractivity (Wildman–Crippen MR) is 123 cm³/mol. The minimum atomic E-state index is -1.25. The standard InChI is InChI=1S/C24H40O3Si/c1-27-24(26)21-17-13-11-9-7-5-6-8-10-12-15-19-23(25)20-16-14-18-22-28(2,3)4/h5-6,9-12,23,25H,7-8,13-17,19-21H2,1-4H3/b6-5-,11-9-,12-10-. The van der Waals surface area contributed by atoms with E-state index in [1.54, 1.807) is 0 Å². The van der Waals surface area contributed by atoms with Crippen molar-refractivity contribution < 1.29 is 14.6 Å². The van der Waals surface area contributed by atoms with E-state index >= 15 is 0 Å². The van der Waals surface area contributed by atoms with E-state index in [1.807, 2.05) is 0 Å². The molecule has 0 aliphatic heterocycles. The Hall–Kier alpha value is -1.57. The lowest BCUT2D eigenvalue weighted by molar-refractivity contribution is -0.140. The number of carbonyl (C=O) groups is 1. The van der Waals surface area contributed by atoms with Crippen LogP contribution in [0.3, 0.4) is 0 Å². The molecule has 0 rings (SSSR count). The Labute approximate surface area is 174 Å². The third-order valence-corrected chi connectivity index (χ3v) is 4.92. The number of aliphatic hydroxyl groups excluding tert-OH is 1. The lowest BCUT2D eigenvalue weighted by atomic mass is 10.1. The van der Waals surface area contributed by atoms with Gasteiger partial charge in [-0.05, 0) is 51.4 Å². The first-order chi connectivity index (χ1) is 13.3. The van der Waals surface area contributed by atoms with Gasteiger partial charge in [-0.3, -0.25) is 4.79 Å². The van der Waals surface area contributed by atoms with Crippen LogP contribution in [0, 0.1) is 11.5 Å². The van der Waals surface area contributed by atoms with Gasteiger partial charge in [0.25, 0.3) is 0 Å². The molecular weight excluding hydrogens is 364 g/mol. The topological polar surface area (TPSA) is 46.5 Å². The Bertz CT molecular complexity index is 544. The minimum absolute atomic E-state index is 0.139. The number of methoxy groups -OCH3 is 1. The summed E-state index contributed by atoms with van der Waals surface area (Å²) >= 11 is 0. The fraction of sp³-hybridized carbons (Fsp3) is 0.625. The van der Waals surface area contributed by atoms with Crippen LogP contribution in [0.4, 0.5) is 0 Å². The Morgan fingerprint density at radius 2 is 1.57 bits per heavy atom. The molecule has 0 spiro atoms. The van der Waals surface area contributed by atoms with Crippen molar-refractivity contribution in [3.05, 3.63) is 36.5 Å². The van der Waals surface area contributed by atoms with Crippen LogP contribution in [0.5, 0.6) is 0 Å². The maximum atomic E-state index is 11.0. The molecule has 0 heterocycles. The molecule has 28 heavy (non-hydrogen) atoms. The van der Waals surface area contributed by atoms with Crippen molar-refractivity contribution in [3.63, 3.8) is 0 Å². The lowest BCUT2D eigenvalue weighted by Crippen LogP contribution is -2.16. The molecule has 4 heteroatoms. The van der Waals surface area contributed by atoms with Crippen LogP contribution >= 0.6 is 0 Å². The summed E-state index contributed by atoms with van der Waals surface area (Å²) < 4.78 is 4.60. The highest BCUT2D eigenvalue weighted by Crippen LogP contribution is 2.08.